The van der Waals surface area contributed by atoms with Crippen LogP contribution in [0.1, 0.15) is 41.6 Å². The molecule has 2 aliphatic rings. The van der Waals surface area contributed by atoms with Crippen molar-refractivity contribution in [1.82, 2.24) is 9.80 Å². The zero-order valence-corrected chi connectivity index (χ0v) is 14.6. The molecular weight excluding hydrogens is 329 g/mol. The van der Waals surface area contributed by atoms with Crippen molar-refractivity contribution < 1.29 is 18.0 Å². The van der Waals surface area contributed by atoms with Crippen LogP contribution >= 0.6 is 0 Å². The molecule has 6 heteroatoms. The average Bonchev–Trinajstić information content (AvgIpc) is 2.61. The lowest BCUT2D eigenvalue weighted by molar-refractivity contribution is -0.137. The Morgan fingerprint density at radius 1 is 1.12 bits per heavy atom. The van der Waals surface area contributed by atoms with Gasteiger partial charge in [-0.2, -0.15) is 13.2 Å². The molecule has 1 atom stereocenters. The number of rotatable bonds is 3. The summed E-state index contributed by atoms with van der Waals surface area (Å²) in [6, 6.07) is 5.34. The summed E-state index contributed by atoms with van der Waals surface area (Å²) < 4.78 is 38.7. The fourth-order valence-electron chi connectivity index (χ4n) is 4.00. The van der Waals surface area contributed by atoms with Crippen molar-refractivity contribution in [2.24, 2.45) is 5.92 Å². The van der Waals surface area contributed by atoms with E-state index in [0.29, 0.717) is 12.6 Å². The molecular formula is C19H25F3N2O. The van der Waals surface area contributed by atoms with E-state index in [-0.39, 0.29) is 17.3 Å². The number of carbonyl (C=O) groups is 1. The fraction of sp³-hybridized carbons (Fsp3) is 0.632. The van der Waals surface area contributed by atoms with Crippen LogP contribution in [0.4, 0.5) is 13.2 Å². The molecule has 0 aliphatic carbocycles. The first kappa shape index (κ1) is 18.4. The maximum Gasteiger partial charge on any atom is 0.416 e. The van der Waals surface area contributed by atoms with Gasteiger partial charge in [-0.3, -0.25) is 9.69 Å². The van der Waals surface area contributed by atoms with E-state index in [4.69, 9.17) is 0 Å². The van der Waals surface area contributed by atoms with Crippen LogP contribution in [0.2, 0.25) is 0 Å². The number of piperidine rings is 2. The number of alkyl halides is 3. The predicted octanol–water partition coefficient (Wildman–Crippen LogP) is 3.69. The van der Waals surface area contributed by atoms with Crippen LogP contribution in [0.15, 0.2) is 24.3 Å². The smallest absolute Gasteiger partial charge is 0.306 e. The molecule has 2 aliphatic heterocycles. The summed E-state index contributed by atoms with van der Waals surface area (Å²) in [5.74, 6) is -0.347. The van der Waals surface area contributed by atoms with Gasteiger partial charge in [-0.1, -0.05) is 12.1 Å². The Labute approximate surface area is 146 Å². The van der Waals surface area contributed by atoms with Crippen molar-refractivity contribution in [3.05, 3.63) is 35.4 Å². The summed E-state index contributed by atoms with van der Waals surface area (Å²) in [6.45, 7) is 3.78. The standard InChI is InChI=1S/C19H25F3N2O/c1-23-10-7-17(8-11-23)24-9-3-5-15(13-24)18(25)14-4-2-6-16(12-14)19(20,21)22/h2,4,6,12,15,17H,3,5,7-11,13H2,1H3. The first-order valence-electron chi connectivity index (χ1n) is 8.98. The highest BCUT2D eigenvalue weighted by Gasteiger charge is 2.34. The van der Waals surface area contributed by atoms with Crippen LogP contribution in [-0.2, 0) is 6.18 Å². The van der Waals surface area contributed by atoms with Crippen LogP contribution in [0, 0.1) is 5.92 Å². The molecule has 2 fully saturated rings. The van der Waals surface area contributed by atoms with Crippen molar-refractivity contribution >= 4 is 5.78 Å². The summed E-state index contributed by atoms with van der Waals surface area (Å²) in [4.78, 5) is 17.4. The Hall–Kier alpha value is -1.40. The molecule has 0 amide bonds. The topological polar surface area (TPSA) is 23.6 Å². The molecule has 0 N–H and O–H groups in total. The normalized spacial score (nSPS) is 24.4. The molecule has 0 radical (unpaired) electrons. The third-order valence-electron chi connectivity index (χ3n) is 5.50. The quantitative estimate of drug-likeness (QED) is 0.774. The molecule has 0 saturated carbocycles. The number of nitrogens with zero attached hydrogens (tertiary/aromatic N) is 2. The monoisotopic (exact) mass is 354 g/mol. The molecule has 25 heavy (non-hydrogen) atoms. The number of carbonyl (C=O) groups excluding carboxylic acids is 1. The lowest BCUT2D eigenvalue weighted by atomic mass is 9.88. The molecule has 0 aromatic heterocycles. The highest BCUT2D eigenvalue weighted by Crippen LogP contribution is 2.31. The van der Waals surface area contributed by atoms with Crippen molar-refractivity contribution in [1.29, 1.82) is 0 Å². The molecule has 1 aromatic rings. The highest BCUT2D eigenvalue weighted by molar-refractivity contribution is 5.98. The molecule has 1 unspecified atom stereocenters. The zero-order valence-electron chi connectivity index (χ0n) is 14.6. The van der Waals surface area contributed by atoms with Crippen molar-refractivity contribution in [2.45, 2.75) is 37.9 Å². The van der Waals surface area contributed by atoms with E-state index in [0.717, 1.165) is 57.5 Å². The van der Waals surface area contributed by atoms with Crippen molar-refractivity contribution in [3.63, 3.8) is 0 Å². The summed E-state index contributed by atoms with van der Waals surface area (Å²) in [5, 5.41) is 0. The van der Waals surface area contributed by atoms with Gasteiger partial charge >= 0.3 is 6.18 Å². The van der Waals surface area contributed by atoms with Crippen LogP contribution in [-0.4, -0.2) is 54.9 Å². The van der Waals surface area contributed by atoms with E-state index in [1.54, 1.807) is 0 Å². The largest absolute Gasteiger partial charge is 0.416 e. The summed E-state index contributed by atoms with van der Waals surface area (Å²) in [5.41, 5.74) is -0.564. The predicted molar refractivity (Wildman–Crippen MR) is 90.6 cm³/mol. The van der Waals surface area contributed by atoms with Gasteiger partial charge in [-0.25, -0.2) is 0 Å². The van der Waals surface area contributed by atoms with Gasteiger partial charge in [0, 0.05) is 24.1 Å². The Kier molecular flexibility index (Phi) is 5.49. The van der Waals surface area contributed by atoms with E-state index in [1.807, 2.05) is 0 Å². The van der Waals surface area contributed by atoms with Crippen LogP contribution in [0.3, 0.4) is 0 Å². The minimum atomic E-state index is -4.41. The second-order valence-electron chi connectivity index (χ2n) is 7.31. The van der Waals surface area contributed by atoms with E-state index >= 15 is 0 Å². The number of hydrogen-bond acceptors (Lipinski definition) is 3. The van der Waals surface area contributed by atoms with E-state index in [9.17, 15) is 18.0 Å². The zero-order chi connectivity index (χ0) is 18.0. The number of likely N-dealkylation sites (tertiary alicyclic amines) is 2. The van der Waals surface area contributed by atoms with Crippen molar-refractivity contribution in [3.8, 4) is 0 Å². The molecule has 2 saturated heterocycles. The molecule has 138 valence electrons. The van der Waals surface area contributed by atoms with Crippen LogP contribution in [0.5, 0.6) is 0 Å². The van der Waals surface area contributed by atoms with E-state index in [1.165, 1.54) is 12.1 Å². The van der Waals surface area contributed by atoms with Gasteiger partial charge < -0.3 is 4.90 Å². The highest BCUT2D eigenvalue weighted by atomic mass is 19.4. The first-order chi connectivity index (χ1) is 11.8. The molecule has 0 spiro atoms. The number of ketones is 1. The Balaban J connectivity index is 1.68. The third-order valence-corrected chi connectivity index (χ3v) is 5.50. The SMILES string of the molecule is CN1CCC(N2CCCC(C(=O)c3cccc(C(F)(F)F)c3)C2)CC1. The van der Waals surface area contributed by atoms with Crippen LogP contribution < -0.4 is 0 Å². The van der Waals surface area contributed by atoms with Gasteiger partial charge in [-0.15, -0.1) is 0 Å². The summed E-state index contributed by atoms with van der Waals surface area (Å²) in [6.07, 6.45) is -0.523. The average molecular weight is 354 g/mol. The number of Topliss-reactive ketones (excluding diaryl/α,β-unsaturated/α-hetero) is 1. The molecule has 3 rings (SSSR count). The molecule has 0 bridgehead atoms. The van der Waals surface area contributed by atoms with Crippen LogP contribution in [0.25, 0.3) is 0 Å². The second kappa shape index (κ2) is 7.46. The summed E-state index contributed by atoms with van der Waals surface area (Å²) in [7, 11) is 2.12. The maximum atomic E-state index is 12.9. The van der Waals surface area contributed by atoms with Crippen molar-refractivity contribution in [2.75, 3.05) is 33.2 Å². The van der Waals surface area contributed by atoms with Gasteiger partial charge in [0.1, 0.15) is 0 Å². The molecule has 3 nitrogen and oxygen atoms in total. The first-order valence-corrected chi connectivity index (χ1v) is 8.98. The van der Waals surface area contributed by atoms with E-state index < -0.39 is 11.7 Å². The van der Waals surface area contributed by atoms with Gasteiger partial charge in [0.05, 0.1) is 5.56 Å². The Morgan fingerprint density at radius 3 is 2.52 bits per heavy atom. The number of benzene rings is 1. The van der Waals surface area contributed by atoms with Gasteiger partial charge in [0.25, 0.3) is 0 Å². The van der Waals surface area contributed by atoms with E-state index in [2.05, 4.69) is 16.8 Å². The second-order valence-corrected chi connectivity index (χ2v) is 7.31. The van der Waals surface area contributed by atoms with Gasteiger partial charge in [0.15, 0.2) is 5.78 Å². The van der Waals surface area contributed by atoms with Gasteiger partial charge in [0.2, 0.25) is 0 Å². The lowest BCUT2D eigenvalue weighted by Crippen LogP contribution is -2.48. The Bertz CT molecular complexity index is 609. The minimum absolute atomic E-state index is 0.149. The number of hydrogen-bond donors (Lipinski definition) is 0. The fourth-order valence-corrected chi connectivity index (χ4v) is 4.00. The molecule has 2 heterocycles. The maximum absolute atomic E-state index is 12.9. The minimum Gasteiger partial charge on any atom is -0.306 e. The van der Waals surface area contributed by atoms with Gasteiger partial charge in [-0.05, 0) is 64.5 Å². The Morgan fingerprint density at radius 2 is 1.84 bits per heavy atom. The summed E-state index contributed by atoms with van der Waals surface area (Å²) >= 11 is 0. The molecule has 1 aromatic carbocycles. The lowest BCUT2D eigenvalue weighted by Gasteiger charge is -2.41. The number of halogens is 3. The third kappa shape index (κ3) is 4.42.